The molecule has 2 aromatic carbocycles. The highest BCUT2D eigenvalue weighted by atomic mass is 28.4. The van der Waals surface area contributed by atoms with Crippen molar-refractivity contribution in [3.8, 4) is 51.3 Å². The Kier molecular flexibility index (Phi) is 6.97. The van der Waals surface area contributed by atoms with Crippen molar-refractivity contribution in [2.45, 2.75) is 38.9 Å². The second-order valence-corrected chi connectivity index (χ2v) is 13.9. The molecule has 0 N–H and O–H groups in total. The van der Waals surface area contributed by atoms with Gasteiger partial charge in [0.25, 0.3) is 8.32 Å². The molecule has 3 rings (SSSR count). The number of aromatic nitrogens is 1. The molecule has 178 valence electrons. The van der Waals surface area contributed by atoms with Crippen LogP contribution in [0.15, 0.2) is 40.9 Å². The van der Waals surface area contributed by atoms with Crippen molar-refractivity contribution < 1.29 is 27.9 Å². The molecular weight excluding hydrogens is 438 g/mol. The fraction of sp³-hybridized carbons (Fsp3) is 0.400. The van der Waals surface area contributed by atoms with Gasteiger partial charge in [-0.2, -0.15) is 0 Å². The Morgan fingerprint density at radius 3 is 1.82 bits per heavy atom. The lowest BCUT2D eigenvalue weighted by Crippen LogP contribution is -2.43. The van der Waals surface area contributed by atoms with Crippen molar-refractivity contribution in [1.82, 2.24) is 5.16 Å². The first-order valence-corrected chi connectivity index (χ1v) is 13.6. The highest BCUT2D eigenvalue weighted by Crippen LogP contribution is 2.43. The third-order valence-electron chi connectivity index (χ3n) is 6.09. The van der Waals surface area contributed by atoms with Crippen molar-refractivity contribution in [3.05, 3.63) is 36.4 Å². The van der Waals surface area contributed by atoms with E-state index in [0.29, 0.717) is 40.2 Å². The van der Waals surface area contributed by atoms with E-state index < -0.39 is 8.32 Å². The molecule has 0 aliphatic heterocycles. The van der Waals surface area contributed by atoms with Crippen LogP contribution in [0.5, 0.6) is 28.7 Å². The lowest BCUT2D eigenvalue weighted by molar-refractivity contribution is 0.324. The van der Waals surface area contributed by atoms with E-state index in [9.17, 15) is 0 Å². The number of ether oxygens (including phenoxy) is 4. The molecule has 0 fully saturated rings. The van der Waals surface area contributed by atoms with Crippen LogP contribution in [0.25, 0.3) is 22.6 Å². The van der Waals surface area contributed by atoms with Crippen molar-refractivity contribution in [2.24, 2.45) is 0 Å². The molecule has 33 heavy (non-hydrogen) atoms. The Balaban J connectivity index is 2.00. The Bertz CT molecular complexity index is 1090. The standard InChI is InChI=1S/C25H33NO6Si/c1-25(2,3)33(8,9)32-21-12-16(10-11-19(21)27-4)18-15-20(31-26-18)17-13-22(28-5)24(30-7)23(14-17)29-6/h10-15H,1-9H3. The van der Waals surface area contributed by atoms with Crippen LogP contribution in [-0.4, -0.2) is 41.9 Å². The monoisotopic (exact) mass is 471 g/mol. The Labute approximate surface area is 196 Å². The molecule has 0 saturated heterocycles. The zero-order valence-electron chi connectivity index (χ0n) is 20.9. The first-order chi connectivity index (χ1) is 15.5. The fourth-order valence-corrected chi connectivity index (χ4v) is 4.13. The topological polar surface area (TPSA) is 72.2 Å². The summed E-state index contributed by atoms with van der Waals surface area (Å²) >= 11 is 0. The molecule has 3 aromatic rings. The minimum atomic E-state index is -2.06. The van der Waals surface area contributed by atoms with E-state index in [4.69, 9.17) is 27.9 Å². The molecular formula is C25H33NO6Si. The molecule has 7 nitrogen and oxygen atoms in total. The van der Waals surface area contributed by atoms with Crippen molar-refractivity contribution in [2.75, 3.05) is 28.4 Å². The van der Waals surface area contributed by atoms with Crippen molar-refractivity contribution >= 4 is 8.32 Å². The van der Waals surface area contributed by atoms with E-state index in [1.165, 1.54) is 0 Å². The molecule has 0 radical (unpaired) electrons. The molecule has 0 bridgehead atoms. The largest absolute Gasteiger partial charge is 0.541 e. The maximum absolute atomic E-state index is 6.54. The van der Waals surface area contributed by atoms with Gasteiger partial charge in [0, 0.05) is 17.2 Å². The number of hydrogen-bond donors (Lipinski definition) is 0. The van der Waals surface area contributed by atoms with Crippen LogP contribution in [-0.2, 0) is 0 Å². The Morgan fingerprint density at radius 2 is 1.30 bits per heavy atom. The summed E-state index contributed by atoms with van der Waals surface area (Å²) < 4.78 is 34.1. The normalized spacial score (nSPS) is 11.8. The van der Waals surface area contributed by atoms with Gasteiger partial charge < -0.3 is 27.9 Å². The average molecular weight is 472 g/mol. The SMILES string of the molecule is COc1ccc(-c2cc(-c3cc(OC)c(OC)c(OC)c3)on2)cc1O[Si](C)(C)C(C)(C)C. The molecule has 0 spiro atoms. The minimum absolute atomic E-state index is 0.0571. The Hall–Kier alpha value is -3.13. The fourth-order valence-electron chi connectivity index (χ4n) is 3.11. The number of rotatable bonds is 8. The van der Waals surface area contributed by atoms with Crippen LogP contribution in [0.4, 0.5) is 0 Å². The summed E-state index contributed by atoms with van der Waals surface area (Å²) in [5, 5.41) is 4.34. The van der Waals surface area contributed by atoms with Crippen LogP contribution >= 0.6 is 0 Å². The third-order valence-corrected chi connectivity index (χ3v) is 10.4. The van der Waals surface area contributed by atoms with Gasteiger partial charge >= 0.3 is 0 Å². The molecule has 0 aliphatic rings. The number of methoxy groups -OCH3 is 4. The van der Waals surface area contributed by atoms with Crippen LogP contribution in [0, 0.1) is 0 Å². The zero-order valence-corrected chi connectivity index (χ0v) is 21.9. The number of benzene rings is 2. The first-order valence-electron chi connectivity index (χ1n) is 10.7. The molecule has 0 amide bonds. The van der Waals surface area contributed by atoms with Gasteiger partial charge in [-0.05, 0) is 48.5 Å². The van der Waals surface area contributed by atoms with Gasteiger partial charge in [-0.3, -0.25) is 0 Å². The third kappa shape index (κ3) is 4.95. The van der Waals surface area contributed by atoms with Gasteiger partial charge in [0.1, 0.15) is 11.4 Å². The lowest BCUT2D eigenvalue weighted by atomic mass is 10.1. The number of hydrogen-bond acceptors (Lipinski definition) is 7. The average Bonchev–Trinajstić information content (AvgIpc) is 3.27. The summed E-state index contributed by atoms with van der Waals surface area (Å²) in [6.45, 7) is 11.0. The summed E-state index contributed by atoms with van der Waals surface area (Å²) in [5.74, 6) is 3.58. The summed E-state index contributed by atoms with van der Waals surface area (Å²) in [7, 11) is 4.31. The smallest absolute Gasteiger partial charge is 0.250 e. The first kappa shape index (κ1) is 24.5. The van der Waals surface area contributed by atoms with Gasteiger partial charge in [0.15, 0.2) is 23.0 Å². The molecule has 0 unspecified atom stereocenters. The van der Waals surface area contributed by atoms with Crippen LogP contribution in [0.3, 0.4) is 0 Å². The van der Waals surface area contributed by atoms with Crippen LogP contribution in [0.2, 0.25) is 18.1 Å². The zero-order chi connectivity index (χ0) is 24.4. The van der Waals surface area contributed by atoms with E-state index >= 15 is 0 Å². The maximum Gasteiger partial charge on any atom is 0.250 e. The van der Waals surface area contributed by atoms with Crippen LogP contribution in [0.1, 0.15) is 20.8 Å². The molecule has 1 heterocycles. The Morgan fingerprint density at radius 1 is 0.727 bits per heavy atom. The second kappa shape index (κ2) is 9.39. The highest BCUT2D eigenvalue weighted by Gasteiger charge is 2.39. The molecule has 1 aromatic heterocycles. The summed E-state index contributed by atoms with van der Waals surface area (Å²) in [4.78, 5) is 0. The van der Waals surface area contributed by atoms with E-state index in [-0.39, 0.29) is 5.04 Å². The van der Waals surface area contributed by atoms with E-state index in [1.807, 2.05) is 36.4 Å². The molecule has 0 aliphatic carbocycles. The van der Waals surface area contributed by atoms with Gasteiger partial charge in [-0.15, -0.1) is 0 Å². The minimum Gasteiger partial charge on any atom is -0.541 e. The van der Waals surface area contributed by atoms with Crippen molar-refractivity contribution in [1.29, 1.82) is 0 Å². The van der Waals surface area contributed by atoms with Gasteiger partial charge in [0.2, 0.25) is 5.75 Å². The lowest BCUT2D eigenvalue weighted by Gasteiger charge is -2.36. The summed E-state index contributed by atoms with van der Waals surface area (Å²) in [6.07, 6.45) is 0. The quantitative estimate of drug-likeness (QED) is 0.351. The maximum atomic E-state index is 6.54. The van der Waals surface area contributed by atoms with Crippen LogP contribution < -0.4 is 23.4 Å². The molecule has 8 heteroatoms. The summed E-state index contributed by atoms with van der Waals surface area (Å²) in [6, 6.07) is 11.3. The molecule has 0 saturated carbocycles. The highest BCUT2D eigenvalue weighted by molar-refractivity contribution is 6.74. The summed E-state index contributed by atoms with van der Waals surface area (Å²) in [5.41, 5.74) is 2.31. The molecule has 0 atom stereocenters. The van der Waals surface area contributed by atoms with E-state index in [1.54, 1.807) is 28.4 Å². The van der Waals surface area contributed by atoms with Crippen molar-refractivity contribution in [3.63, 3.8) is 0 Å². The predicted octanol–water partition coefficient (Wildman–Crippen LogP) is 6.43. The van der Waals surface area contributed by atoms with E-state index in [2.05, 4.69) is 39.0 Å². The predicted molar refractivity (Wildman–Crippen MR) is 131 cm³/mol. The second-order valence-electron chi connectivity index (χ2n) is 9.22. The van der Waals surface area contributed by atoms with Gasteiger partial charge in [-0.1, -0.05) is 25.9 Å². The van der Waals surface area contributed by atoms with E-state index in [0.717, 1.165) is 11.1 Å². The van der Waals surface area contributed by atoms with Gasteiger partial charge in [0.05, 0.1) is 28.4 Å². The van der Waals surface area contributed by atoms with Gasteiger partial charge in [-0.25, -0.2) is 0 Å². The number of nitrogens with zero attached hydrogens (tertiary/aromatic N) is 1.